The molecular formula is C19H24N6OS. The molecule has 0 aliphatic heterocycles. The van der Waals surface area contributed by atoms with Gasteiger partial charge in [-0.3, -0.25) is 9.48 Å². The fraction of sp³-hybridized carbons (Fsp3) is 0.474. The summed E-state index contributed by atoms with van der Waals surface area (Å²) in [5.74, 6) is 0.674. The number of aryl methyl sites for hydroxylation is 2. The summed E-state index contributed by atoms with van der Waals surface area (Å²) in [6.45, 7) is 4.14. The summed E-state index contributed by atoms with van der Waals surface area (Å²) in [5, 5.41) is 13.0. The van der Waals surface area contributed by atoms with Crippen LogP contribution in [0.25, 0.3) is 10.6 Å². The van der Waals surface area contributed by atoms with E-state index < -0.39 is 0 Å². The van der Waals surface area contributed by atoms with Crippen molar-refractivity contribution in [3.8, 4) is 10.6 Å². The minimum Gasteiger partial charge on any atom is -0.309 e. The van der Waals surface area contributed by atoms with Crippen LogP contribution in [0.15, 0.2) is 24.5 Å². The second-order valence-electron chi connectivity index (χ2n) is 7.05. The first-order chi connectivity index (χ1) is 13.1. The zero-order valence-electron chi connectivity index (χ0n) is 15.7. The molecule has 1 fully saturated rings. The van der Waals surface area contributed by atoms with E-state index in [1.807, 2.05) is 36.9 Å². The summed E-state index contributed by atoms with van der Waals surface area (Å²) in [5.41, 5.74) is 1.83. The Labute approximate surface area is 162 Å². The first-order valence-electron chi connectivity index (χ1n) is 9.41. The summed E-state index contributed by atoms with van der Waals surface area (Å²) >= 11 is 1.62. The van der Waals surface area contributed by atoms with Crippen molar-refractivity contribution in [2.24, 2.45) is 0 Å². The van der Waals surface area contributed by atoms with Gasteiger partial charge in [0.25, 0.3) is 0 Å². The molecule has 4 rings (SSSR count). The van der Waals surface area contributed by atoms with E-state index in [1.54, 1.807) is 22.2 Å². The zero-order valence-corrected chi connectivity index (χ0v) is 16.5. The van der Waals surface area contributed by atoms with Crippen LogP contribution in [0.2, 0.25) is 0 Å². The van der Waals surface area contributed by atoms with Crippen LogP contribution in [0.3, 0.4) is 0 Å². The molecule has 1 aliphatic carbocycles. The molecule has 0 bridgehead atoms. The Hall–Kier alpha value is -2.48. The Bertz CT molecular complexity index is 934. The predicted molar refractivity (Wildman–Crippen MR) is 106 cm³/mol. The van der Waals surface area contributed by atoms with Gasteiger partial charge in [-0.2, -0.15) is 10.2 Å². The molecule has 7 nitrogen and oxygen atoms in total. The number of nitrogens with one attached hydrogen (secondary N) is 1. The Kier molecular flexibility index (Phi) is 5.07. The number of hydrogen-bond acceptors (Lipinski definition) is 5. The van der Waals surface area contributed by atoms with Gasteiger partial charge in [-0.25, -0.2) is 9.67 Å². The van der Waals surface area contributed by atoms with Crippen molar-refractivity contribution < 1.29 is 4.79 Å². The Morgan fingerprint density at radius 1 is 1.26 bits per heavy atom. The minimum atomic E-state index is -0.0978. The normalized spacial score (nSPS) is 15.2. The van der Waals surface area contributed by atoms with Crippen molar-refractivity contribution in [3.05, 3.63) is 35.2 Å². The highest BCUT2D eigenvalue weighted by molar-refractivity contribution is 7.15. The van der Waals surface area contributed by atoms with Crippen LogP contribution in [0, 0.1) is 13.8 Å². The number of carbonyl (C=O) groups is 1. The summed E-state index contributed by atoms with van der Waals surface area (Å²) in [6.07, 6.45) is 9.59. The quantitative estimate of drug-likeness (QED) is 0.722. The molecule has 0 aromatic carbocycles. The highest BCUT2D eigenvalue weighted by atomic mass is 32.1. The highest BCUT2D eigenvalue weighted by Crippen LogP contribution is 2.30. The summed E-state index contributed by atoms with van der Waals surface area (Å²) < 4.78 is 3.63. The van der Waals surface area contributed by atoms with Gasteiger partial charge in [0, 0.05) is 12.3 Å². The van der Waals surface area contributed by atoms with E-state index in [0.717, 1.165) is 39.9 Å². The minimum absolute atomic E-state index is 0.0978. The number of hydrogen-bond donors (Lipinski definition) is 1. The maximum atomic E-state index is 12.5. The Balaban J connectivity index is 1.42. The maximum Gasteiger partial charge on any atom is 0.247 e. The van der Waals surface area contributed by atoms with Crippen LogP contribution >= 0.6 is 11.3 Å². The fourth-order valence-corrected chi connectivity index (χ4v) is 4.58. The molecule has 0 unspecified atom stereocenters. The van der Waals surface area contributed by atoms with Crippen molar-refractivity contribution in [2.45, 2.75) is 58.5 Å². The molecule has 27 heavy (non-hydrogen) atoms. The lowest BCUT2D eigenvalue weighted by atomic mass is 9.96. The van der Waals surface area contributed by atoms with E-state index in [9.17, 15) is 4.79 Å². The van der Waals surface area contributed by atoms with Crippen LogP contribution < -0.4 is 5.32 Å². The Morgan fingerprint density at radius 2 is 2.07 bits per heavy atom. The average Bonchev–Trinajstić information content (AvgIpc) is 3.36. The van der Waals surface area contributed by atoms with Crippen molar-refractivity contribution in [2.75, 3.05) is 5.32 Å². The van der Waals surface area contributed by atoms with E-state index in [1.165, 1.54) is 19.3 Å². The lowest BCUT2D eigenvalue weighted by Gasteiger charge is -2.23. The highest BCUT2D eigenvalue weighted by Gasteiger charge is 2.19. The van der Waals surface area contributed by atoms with Crippen molar-refractivity contribution in [1.82, 2.24) is 24.5 Å². The van der Waals surface area contributed by atoms with Crippen molar-refractivity contribution in [1.29, 1.82) is 0 Å². The van der Waals surface area contributed by atoms with Crippen molar-refractivity contribution >= 4 is 23.1 Å². The molecular weight excluding hydrogens is 360 g/mol. The van der Waals surface area contributed by atoms with Crippen LogP contribution in [0.4, 0.5) is 5.82 Å². The Morgan fingerprint density at radius 3 is 2.81 bits per heavy atom. The molecule has 1 aliphatic rings. The second-order valence-corrected chi connectivity index (χ2v) is 8.25. The number of anilines is 1. The maximum absolute atomic E-state index is 12.5. The summed E-state index contributed by atoms with van der Waals surface area (Å²) in [6, 6.07) is 4.18. The largest absolute Gasteiger partial charge is 0.309 e. The number of rotatable bonds is 5. The van der Waals surface area contributed by atoms with Gasteiger partial charge in [-0.05, 0) is 32.8 Å². The molecule has 0 atom stereocenters. The molecule has 3 aromatic heterocycles. The third-order valence-corrected chi connectivity index (χ3v) is 6.04. The average molecular weight is 385 g/mol. The molecule has 3 aromatic rings. The van der Waals surface area contributed by atoms with Gasteiger partial charge in [-0.1, -0.05) is 19.3 Å². The molecule has 1 amide bonds. The van der Waals surface area contributed by atoms with Gasteiger partial charge in [-0.15, -0.1) is 11.3 Å². The lowest BCUT2D eigenvalue weighted by molar-refractivity contribution is -0.117. The van der Waals surface area contributed by atoms with Crippen LogP contribution in [0.5, 0.6) is 0 Å². The van der Waals surface area contributed by atoms with E-state index in [-0.39, 0.29) is 12.5 Å². The standard InChI is InChI=1S/C19H24N6OS/c1-13-19(27-14(2)21-13)16-9-11-24(23-16)12-18(26)22-17-8-10-20-25(17)15-6-4-3-5-7-15/h8-11,15H,3-7,12H2,1-2H3,(H,22,26). The molecule has 1 saturated carbocycles. The smallest absolute Gasteiger partial charge is 0.247 e. The number of thiazole rings is 1. The molecule has 8 heteroatoms. The van der Waals surface area contributed by atoms with Gasteiger partial charge in [0.1, 0.15) is 18.1 Å². The topological polar surface area (TPSA) is 77.6 Å². The van der Waals surface area contributed by atoms with Crippen LogP contribution in [0.1, 0.15) is 48.8 Å². The van der Waals surface area contributed by atoms with E-state index >= 15 is 0 Å². The van der Waals surface area contributed by atoms with Crippen molar-refractivity contribution in [3.63, 3.8) is 0 Å². The first kappa shape index (κ1) is 17.9. The first-order valence-corrected chi connectivity index (χ1v) is 10.2. The number of aromatic nitrogens is 5. The second kappa shape index (κ2) is 7.64. The van der Waals surface area contributed by atoms with E-state index in [4.69, 9.17) is 0 Å². The fourth-order valence-electron chi connectivity index (χ4n) is 3.70. The number of carbonyl (C=O) groups excluding carboxylic acids is 1. The molecule has 3 heterocycles. The molecule has 142 valence electrons. The van der Waals surface area contributed by atoms with Gasteiger partial charge in [0.05, 0.1) is 27.8 Å². The SMILES string of the molecule is Cc1nc(C)c(-c2ccn(CC(=O)Nc3ccnn3C3CCCCC3)n2)s1. The molecule has 0 spiro atoms. The van der Waals surface area contributed by atoms with E-state index in [2.05, 4.69) is 20.5 Å². The zero-order chi connectivity index (χ0) is 18.8. The number of nitrogens with zero attached hydrogens (tertiary/aromatic N) is 5. The predicted octanol–water partition coefficient (Wildman–Crippen LogP) is 3.96. The van der Waals surface area contributed by atoms with E-state index in [0.29, 0.717) is 6.04 Å². The van der Waals surface area contributed by atoms with Crippen LogP contribution in [-0.4, -0.2) is 30.5 Å². The van der Waals surface area contributed by atoms with Gasteiger partial charge >= 0.3 is 0 Å². The molecule has 1 N–H and O–H groups in total. The monoisotopic (exact) mass is 384 g/mol. The molecule has 0 saturated heterocycles. The lowest BCUT2D eigenvalue weighted by Crippen LogP contribution is -2.23. The molecule has 0 radical (unpaired) electrons. The third-order valence-electron chi connectivity index (χ3n) is 4.94. The van der Waals surface area contributed by atoms with Gasteiger partial charge in [0.2, 0.25) is 5.91 Å². The van der Waals surface area contributed by atoms with Crippen LogP contribution in [-0.2, 0) is 11.3 Å². The summed E-state index contributed by atoms with van der Waals surface area (Å²) in [4.78, 5) is 18.0. The number of amides is 1. The third kappa shape index (κ3) is 3.95. The van der Waals surface area contributed by atoms with Gasteiger partial charge in [0.15, 0.2) is 0 Å². The van der Waals surface area contributed by atoms with Gasteiger partial charge < -0.3 is 5.32 Å². The summed E-state index contributed by atoms with van der Waals surface area (Å²) in [7, 11) is 0.